The number of hydrogen-bond acceptors (Lipinski definition) is 6. The van der Waals surface area contributed by atoms with Crippen molar-refractivity contribution in [1.82, 2.24) is 14.7 Å². The molecule has 288 valence electrons. The molecule has 0 atom stereocenters. The fourth-order valence-corrected chi connectivity index (χ4v) is 5.43. The molecule has 8 heteroatoms. The smallest absolute Gasteiger partial charge is 0.258 e. The van der Waals surface area contributed by atoms with Crippen LogP contribution >= 0.6 is 0 Å². The second kappa shape index (κ2) is 24.4. The minimum Gasteiger partial charge on any atom is -0.492 e. The summed E-state index contributed by atoms with van der Waals surface area (Å²) in [4.78, 5) is 33.8. The summed E-state index contributed by atoms with van der Waals surface area (Å²) in [6.45, 7) is 17.5. The van der Waals surface area contributed by atoms with E-state index in [4.69, 9.17) is 14.2 Å². The van der Waals surface area contributed by atoms with Crippen LogP contribution in [0, 0.1) is 0 Å². The average Bonchev–Trinajstić information content (AvgIpc) is 3.64. The Morgan fingerprint density at radius 3 is 1.74 bits per heavy atom. The number of benzene rings is 4. The van der Waals surface area contributed by atoms with Gasteiger partial charge in [0.15, 0.2) is 0 Å². The van der Waals surface area contributed by atoms with Gasteiger partial charge >= 0.3 is 0 Å². The Morgan fingerprint density at radius 2 is 1.19 bits per heavy atom. The van der Waals surface area contributed by atoms with Gasteiger partial charge in [-0.1, -0.05) is 122 Å². The third-order valence-electron chi connectivity index (χ3n) is 8.21. The second-order valence-corrected chi connectivity index (χ2v) is 12.2. The van der Waals surface area contributed by atoms with Crippen molar-refractivity contribution in [3.05, 3.63) is 124 Å². The largest absolute Gasteiger partial charge is 0.492 e. The number of ether oxygens (including phenoxy) is 3. The summed E-state index contributed by atoms with van der Waals surface area (Å²) in [5, 5.41) is 0. The molecule has 0 spiro atoms. The molecule has 0 aliphatic carbocycles. The van der Waals surface area contributed by atoms with Crippen LogP contribution in [-0.2, 0) is 26.3 Å². The Bertz CT molecular complexity index is 1640. The summed E-state index contributed by atoms with van der Waals surface area (Å²) in [5.41, 5.74) is 4.72. The average molecular weight is 726 g/mol. The summed E-state index contributed by atoms with van der Waals surface area (Å²) in [6.07, 6.45) is 1.84. The molecule has 4 aromatic carbocycles. The van der Waals surface area contributed by atoms with Crippen molar-refractivity contribution in [2.24, 2.45) is 0 Å². The predicted octanol–water partition coefficient (Wildman–Crippen LogP) is 9.89. The highest BCUT2D eigenvalue weighted by Gasteiger charge is 2.30. The van der Waals surface area contributed by atoms with Gasteiger partial charge in [0, 0.05) is 39.3 Å². The lowest BCUT2D eigenvalue weighted by Crippen LogP contribution is -2.30. The molecule has 0 saturated carbocycles. The number of nitrogens with zero attached hydrogens (tertiary/aromatic N) is 3. The number of likely N-dealkylation sites (N-methyl/N-ethyl adjacent to an activating group) is 1. The van der Waals surface area contributed by atoms with Gasteiger partial charge < -0.3 is 28.9 Å². The van der Waals surface area contributed by atoms with Gasteiger partial charge in [-0.3, -0.25) is 9.59 Å². The lowest BCUT2D eigenvalue weighted by Gasteiger charge is -2.23. The van der Waals surface area contributed by atoms with E-state index in [-0.39, 0.29) is 25.0 Å². The number of fused-ring (bicyclic) bond motifs is 1. The highest BCUT2D eigenvalue weighted by Crippen LogP contribution is 2.35. The van der Waals surface area contributed by atoms with Crippen LogP contribution in [0.3, 0.4) is 0 Å². The summed E-state index contributed by atoms with van der Waals surface area (Å²) >= 11 is 0. The zero-order valence-electron chi connectivity index (χ0n) is 33.9. The molecule has 0 fully saturated rings. The van der Waals surface area contributed by atoms with Crippen LogP contribution in [0.4, 0.5) is 0 Å². The predicted molar refractivity (Wildman–Crippen MR) is 218 cm³/mol. The van der Waals surface area contributed by atoms with Gasteiger partial charge in [-0.15, -0.1) is 0 Å². The molecule has 1 heterocycles. The number of hydrogen-bond donors (Lipinski definition) is 0. The fourth-order valence-electron chi connectivity index (χ4n) is 5.43. The monoisotopic (exact) mass is 725 g/mol. The maximum Gasteiger partial charge on any atom is 0.258 e. The molecular formula is C45H63N3O5. The Hall–Kier alpha value is -4.82. The van der Waals surface area contributed by atoms with Crippen LogP contribution in [-0.4, -0.2) is 67.4 Å². The molecular weight excluding hydrogens is 663 g/mol. The maximum atomic E-state index is 14.3. The molecule has 2 amide bonds. The van der Waals surface area contributed by atoms with Crippen LogP contribution in [0.2, 0.25) is 0 Å². The number of unbranched alkanes of at least 4 members (excludes halogenated alkanes) is 1. The quantitative estimate of drug-likeness (QED) is 0.122. The minimum atomic E-state index is -0.209. The van der Waals surface area contributed by atoms with Gasteiger partial charge in [-0.05, 0) is 61.0 Å². The molecule has 53 heavy (non-hydrogen) atoms. The van der Waals surface area contributed by atoms with Gasteiger partial charge in [0.05, 0.1) is 11.1 Å². The molecule has 0 N–H and O–H groups in total. The number of carbonyl (C=O) groups excluding carboxylic acids is 2. The van der Waals surface area contributed by atoms with Crippen LogP contribution in [0.25, 0.3) is 0 Å². The van der Waals surface area contributed by atoms with Crippen LogP contribution in [0.5, 0.6) is 17.2 Å². The Morgan fingerprint density at radius 1 is 0.642 bits per heavy atom. The van der Waals surface area contributed by atoms with Gasteiger partial charge in [-0.25, -0.2) is 0 Å². The van der Waals surface area contributed by atoms with E-state index in [9.17, 15) is 9.59 Å². The van der Waals surface area contributed by atoms with Crippen LogP contribution in [0.15, 0.2) is 91.0 Å². The molecule has 5 rings (SSSR count). The topological polar surface area (TPSA) is 71.6 Å². The third-order valence-corrected chi connectivity index (χ3v) is 8.21. The first kappa shape index (κ1) is 44.3. The normalized spacial score (nSPS) is 11.1. The Labute approximate surface area is 319 Å². The molecule has 1 aliphatic heterocycles. The number of carbonyl (C=O) groups is 2. The lowest BCUT2D eigenvalue weighted by atomic mass is 10.0. The standard InChI is InChI=1S/C39H45N3O5.3C2H6/c1-5-6-19-41(4)38(43)34-23-35(39(44)42-25-31-17-18-33(22-32(31)26-42)45-21-20-40(2)3)37(47-28-30-15-11-8-12-16-30)24-36(34)46-27-29-13-9-7-10-14-29;3*1-2/h7-18,22-24H,5-6,19-21,25-28H2,1-4H3;3*1-2H3. The molecule has 1 aliphatic rings. The SMILES string of the molecule is CC.CC.CC.CCCCN(C)C(=O)c1cc(C(=O)N2Cc3ccc(OCCN(C)C)cc3C2)c(OCc2ccccc2)cc1OCc1ccccc1. The summed E-state index contributed by atoms with van der Waals surface area (Å²) < 4.78 is 18.6. The number of amides is 2. The first-order chi connectivity index (χ1) is 25.8. The van der Waals surface area contributed by atoms with Crippen molar-refractivity contribution in [3.63, 3.8) is 0 Å². The first-order valence-electron chi connectivity index (χ1n) is 19.3. The van der Waals surface area contributed by atoms with Crippen molar-refractivity contribution >= 4 is 11.8 Å². The molecule has 0 bridgehead atoms. The summed E-state index contributed by atoms with van der Waals surface area (Å²) in [5.74, 6) is 1.13. The first-order valence-corrected chi connectivity index (χ1v) is 19.3. The second-order valence-electron chi connectivity index (χ2n) is 12.2. The fraction of sp³-hybridized carbons (Fsp3) is 0.422. The highest BCUT2D eigenvalue weighted by atomic mass is 16.5. The molecule has 8 nitrogen and oxygen atoms in total. The number of rotatable bonds is 15. The minimum absolute atomic E-state index is 0.200. The molecule has 0 radical (unpaired) electrons. The van der Waals surface area contributed by atoms with E-state index in [2.05, 4.69) is 11.8 Å². The van der Waals surface area contributed by atoms with Crippen molar-refractivity contribution in [2.75, 3.05) is 40.8 Å². The van der Waals surface area contributed by atoms with E-state index in [1.165, 1.54) is 0 Å². The van der Waals surface area contributed by atoms with E-state index in [1.54, 1.807) is 29.0 Å². The van der Waals surface area contributed by atoms with Crippen LogP contribution in [0.1, 0.15) is 104 Å². The van der Waals surface area contributed by atoms with Crippen molar-refractivity contribution in [2.45, 2.75) is 87.6 Å². The van der Waals surface area contributed by atoms with Crippen molar-refractivity contribution in [1.29, 1.82) is 0 Å². The highest BCUT2D eigenvalue weighted by molar-refractivity contribution is 6.03. The van der Waals surface area contributed by atoms with E-state index >= 15 is 0 Å². The maximum absolute atomic E-state index is 14.3. The zero-order valence-corrected chi connectivity index (χ0v) is 33.9. The molecule has 4 aromatic rings. The van der Waals surface area contributed by atoms with Gasteiger partial charge in [-0.2, -0.15) is 0 Å². The van der Waals surface area contributed by atoms with Gasteiger partial charge in [0.2, 0.25) is 0 Å². The van der Waals surface area contributed by atoms with E-state index < -0.39 is 0 Å². The van der Waals surface area contributed by atoms with Crippen molar-refractivity contribution in [3.8, 4) is 17.2 Å². The molecule has 0 aromatic heterocycles. The molecule has 0 saturated heterocycles. The Balaban J connectivity index is 0.00000154. The summed E-state index contributed by atoms with van der Waals surface area (Å²) in [6, 6.07) is 29.0. The summed E-state index contributed by atoms with van der Waals surface area (Å²) in [7, 11) is 5.81. The van der Waals surface area contributed by atoms with E-state index in [1.807, 2.05) is 135 Å². The Kier molecular flexibility index (Phi) is 20.4. The van der Waals surface area contributed by atoms with Crippen molar-refractivity contribution < 1.29 is 23.8 Å². The van der Waals surface area contributed by atoms with Gasteiger partial charge in [0.1, 0.15) is 37.1 Å². The van der Waals surface area contributed by atoms with Crippen LogP contribution < -0.4 is 14.2 Å². The van der Waals surface area contributed by atoms with E-state index in [0.29, 0.717) is 48.9 Å². The van der Waals surface area contributed by atoms with Gasteiger partial charge in [0.25, 0.3) is 11.8 Å². The zero-order chi connectivity index (χ0) is 39.2. The van der Waals surface area contributed by atoms with E-state index in [0.717, 1.165) is 47.4 Å². The molecule has 0 unspecified atom stereocenters. The third kappa shape index (κ3) is 13.6. The lowest BCUT2D eigenvalue weighted by molar-refractivity contribution is 0.0746.